The summed E-state index contributed by atoms with van der Waals surface area (Å²) < 4.78 is 13.6. The lowest BCUT2D eigenvalue weighted by atomic mass is 9.87. The van der Waals surface area contributed by atoms with Gasteiger partial charge >= 0.3 is 0 Å². The van der Waals surface area contributed by atoms with Crippen LogP contribution in [0.5, 0.6) is 5.75 Å². The van der Waals surface area contributed by atoms with Gasteiger partial charge in [0.25, 0.3) is 5.91 Å². The highest BCUT2D eigenvalue weighted by Gasteiger charge is 2.37. The van der Waals surface area contributed by atoms with Crippen molar-refractivity contribution in [2.45, 2.75) is 18.4 Å². The SMILES string of the molecule is O=C(c1ccc(NOc2cccc3cccnc23)cc1)N1CCC(O)(c2ccc(F)c(Br)n2)CC1. The molecule has 1 fully saturated rings. The predicted molar refractivity (Wildman–Crippen MR) is 133 cm³/mol. The van der Waals surface area contributed by atoms with Crippen molar-refractivity contribution in [3.05, 3.63) is 94.6 Å². The van der Waals surface area contributed by atoms with Crippen molar-refractivity contribution in [3.8, 4) is 5.75 Å². The van der Waals surface area contributed by atoms with Crippen LogP contribution in [-0.2, 0) is 5.60 Å². The Morgan fingerprint density at radius 1 is 1.06 bits per heavy atom. The number of amides is 1. The Hall–Kier alpha value is -3.56. The summed E-state index contributed by atoms with van der Waals surface area (Å²) in [4.78, 5) is 28.9. The zero-order valence-corrected chi connectivity index (χ0v) is 20.2. The number of benzene rings is 2. The molecule has 0 unspecified atom stereocenters. The van der Waals surface area contributed by atoms with Crippen LogP contribution in [-0.4, -0.2) is 39.0 Å². The number of anilines is 1. The van der Waals surface area contributed by atoms with Gasteiger partial charge in [0.15, 0.2) is 11.6 Å². The first-order valence-electron chi connectivity index (χ1n) is 11.1. The number of hydrogen-bond donors (Lipinski definition) is 2. The van der Waals surface area contributed by atoms with Gasteiger partial charge in [-0.05, 0) is 77.3 Å². The van der Waals surface area contributed by atoms with Gasteiger partial charge < -0.3 is 14.8 Å². The highest BCUT2D eigenvalue weighted by Crippen LogP contribution is 2.33. The number of halogens is 2. The van der Waals surface area contributed by atoms with Crippen molar-refractivity contribution in [1.82, 2.24) is 14.9 Å². The van der Waals surface area contributed by atoms with E-state index < -0.39 is 11.4 Å². The first-order valence-corrected chi connectivity index (χ1v) is 11.9. The van der Waals surface area contributed by atoms with Gasteiger partial charge in [-0.3, -0.25) is 9.78 Å². The third-order valence-electron chi connectivity index (χ3n) is 6.16. The number of hydrogen-bond acceptors (Lipinski definition) is 6. The third-order valence-corrected chi connectivity index (χ3v) is 6.72. The maximum Gasteiger partial charge on any atom is 0.253 e. The number of para-hydroxylation sites is 1. The Balaban J connectivity index is 1.20. The molecule has 7 nitrogen and oxygen atoms in total. The number of pyridine rings is 2. The Morgan fingerprint density at radius 3 is 2.54 bits per heavy atom. The summed E-state index contributed by atoms with van der Waals surface area (Å²) >= 11 is 3.06. The van der Waals surface area contributed by atoms with E-state index in [-0.39, 0.29) is 10.5 Å². The van der Waals surface area contributed by atoms with Gasteiger partial charge in [0.05, 0.1) is 11.4 Å². The summed E-state index contributed by atoms with van der Waals surface area (Å²) in [6.07, 6.45) is 2.35. The van der Waals surface area contributed by atoms with E-state index in [1.165, 1.54) is 12.1 Å². The molecule has 0 saturated carbocycles. The number of carbonyl (C=O) groups excluding carboxylic acids is 1. The Labute approximate surface area is 209 Å². The first kappa shape index (κ1) is 23.2. The van der Waals surface area contributed by atoms with Crippen LogP contribution in [0.2, 0.25) is 0 Å². The summed E-state index contributed by atoms with van der Waals surface area (Å²) in [7, 11) is 0. The number of nitrogens with zero attached hydrogens (tertiary/aromatic N) is 3. The maximum atomic E-state index is 13.5. The lowest BCUT2D eigenvalue weighted by Crippen LogP contribution is -2.45. The van der Waals surface area contributed by atoms with E-state index in [4.69, 9.17) is 4.84 Å². The molecule has 2 aromatic heterocycles. The first-order chi connectivity index (χ1) is 16.9. The highest BCUT2D eigenvalue weighted by atomic mass is 79.9. The summed E-state index contributed by atoms with van der Waals surface area (Å²) in [6.45, 7) is 0.729. The van der Waals surface area contributed by atoms with Crippen LogP contribution in [0.1, 0.15) is 28.9 Å². The smallest absolute Gasteiger partial charge is 0.253 e. The second-order valence-electron chi connectivity index (χ2n) is 8.41. The molecule has 178 valence electrons. The number of piperidine rings is 1. The van der Waals surface area contributed by atoms with E-state index in [1.807, 2.05) is 30.3 Å². The summed E-state index contributed by atoms with van der Waals surface area (Å²) in [6, 6.07) is 19.3. The molecule has 2 N–H and O–H groups in total. The molecular formula is C26H22BrFN4O3. The van der Waals surface area contributed by atoms with Gasteiger partial charge in [0.2, 0.25) is 0 Å². The topological polar surface area (TPSA) is 87.6 Å². The lowest BCUT2D eigenvalue weighted by Gasteiger charge is -2.38. The van der Waals surface area contributed by atoms with Gasteiger partial charge in [-0.1, -0.05) is 18.2 Å². The van der Waals surface area contributed by atoms with Gasteiger partial charge in [-0.15, -0.1) is 0 Å². The molecule has 0 spiro atoms. The van der Waals surface area contributed by atoms with Crippen LogP contribution < -0.4 is 10.3 Å². The van der Waals surface area contributed by atoms with Crippen LogP contribution in [0.15, 0.2) is 77.5 Å². The number of aliphatic hydroxyl groups is 1. The minimum atomic E-state index is -1.20. The van der Waals surface area contributed by atoms with Crippen molar-refractivity contribution >= 4 is 38.4 Å². The van der Waals surface area contributed by atoms with E-state index in [2.05, 4.69) is 31.4 Å². The normalized spacial score (nSPS) is 15.1. The zero-order chi connectivity index (χ0) is 24.4. The minimum absolute atomic E-state index is 0.0660. The molecule has 0 atom stereocenters. The molecule has 1 amide bonds. The Morgan fingerprint density at radius 2 is 1.80 bits per heavy atom. The number of rotatable bonds is 5. The molecule has 0 aliphatic carbocycles. The van der Waals surface area contributed by atoms with E-state index in [9.17, 15) is 14.3 Å². The fraction of sp³-hybridized carbons (Fsp3) is 0.192. The molecule has 4 aromatic rings. The van der Waals surface area contributed by atoms with Crippen molar-refractivity contribution in [2.24, 2.45) is 0 Å². The number of aromatic nitrogens is 2. The zero-order valence-electron chi connectivity index (χ0n) is 18.6. The summed E-state index contributed by atoms with van der Waals surface area (Å²) in [5.41, 5.74) is 4.08. The van der Waals surface area contributed by atoms with Crippen LogP contribution in [0.3, 0.4) is 0 Å². The van der Waals surface area contributed by atoms with Crippen LogP contribution in [0, 0.1) is 5.82 Å². The minimum Gasteiger partial charge on any atom is -0.383 e. The highest BCUT2D eigenvalue weighted by molar-refractivity contribution is 9.10. The van der Waals surface area contributed by atoms with Crippen molar-refractivity contribution < 1.29 is 19.1 Å². The molecular weight excluding hydrogens is 515 g/mol. The molecule has 2 aromatic carbocycles. The van der Waals surface area contributed by atoms with Gasteiger partial charge in [0, 0.05) is 30.2 Å². The number of nitrogens with one attached hydrogen (secondary N) is 1. The average Bonchev–Trinajstić information content (AvgIpc) is 2.89. The van der Waals surface area contributed by atoms with Crippen LogP contribution in [0.4, 0.5) is 10.1 Å². The maximum absolute atomic E-state index is 13.5. The molecule has 0 bridgehead atoms. The largest absolute Gasteiger partial charge is 0.383 e. The van der Waals surface area contributed by atoms with Gasteiger partial charge in [-0.2, -0.15) is 0 Å². The fourth-order valence-corrected chi connectivity index (χ4v) is 4.47. The predicted octanol–water partition coefficient (Wildman–Crippen LogP) is 5.06. The van der Waals surface area contributed by atoms with Crippen LogP contribution >= 0.6 is 15.9 Å². The second-order valence-corrected chi connectivity index (χ2v) is 9.16. The fourth-order valence-electron chi connectivity index (χ4n) is 4.15. The van der Waals surface area contributed by atoms with Crippen molar-refractivity contribution in [1.29, 1.82) is 0 Å². The van der Waals surface area contributed by atoms with Crippen molar-refractivity contribution in [3.63, 3.8) is 0 Å². The molecule has 0 radical (unpaired) electrons. The Kier molecular flexibility index (Phi) is 6.36. The molecule has 1 aliphatic rings. The standard InChI is InChI=1S/C26H22BrFN4O3/c27-24-20(28)10-11-22(30-24)26(34)12-15-32(16-13-26)25(33)18-6-8-19(9-7-18)31-35-21-5-1-3-17-4-2-14-29-23(17)21/h1-11,14,31,34H,12-13,15-16H2. The van der Waals surface area contributed by atoms with E-state index >= 15 is 0 Å². The molecule has 1 aliphatic heterocycles. The lowest BCUT2D eigenvalue weighted by molar-refractivity contribution is -0.0246. The summed E-state index contributed by atoms with van der Waals surface area (Å²) in [5.74, 6) is -0.000153. The molecule has 9 heteroatoms. The number of likely N-dealkylation sites (tertiary alicyclic amines) is 1. The van der Waals surface area contributed by atoms with E-state index in [0.717, 1.165) is 10.9 Å². The van der Waals surface area contributed by atoms with Gasteiger partial charge in [0.1, 0.15) is 15.7 Å². The van der Waals surface area contributed by atoms with Crippen molar-refractivity contribution in [2.75, 3.05) is 18.6 Å². The Bertz CT molecular complexity index is 1370. The van der Waals surface area contributed by atoms with Gasteiger partial charge in [-0.25, -0.2) is 14.9 Å². The number of carbonyl (C=O) groups is 1. The average molecular weight is 537 g/mol. The molecule has 35 heavy (non-hydrogen) atoms. The number of fused-ring (bicyclic) bond motifs is 1. The molecule has 1 saturated heterocycles. The van der Waals surface area contributed by atoms with E-state index in [1.54, 1.807) is 35.4 Å². The summed E-state index contributed by atoms with van der Waals surface area (Å²) in [5, 5.41) is 12.0. The third kappa shape index (κ3) is 4.82. The monoisotopic (exact) mass is 536 g/mol. The van der Waals surface area contributed by atoms with E-state index in [0.29, 0.717) is 48.6 Å². The quantitative estimate of drug-likeness (QED) is 0.274. The molecule has 5 rings (SSSR count). The molecule has 3 heterocycles. The second kappa shape index (κ2) is 9.59. The van der Waals surface area contributed by atoms with Crippen LogP contribution in [0.25, 0.3) is 10.9 Å².